The van der Waals surface area contributed by atoms with Gasteiger partial charge in [-0.3, -0.25) is 10.1 Å². The van der Waals surface area contributed by atoms with E-state index in [1.165, 1.54) is 18.7 Å². The van der Waals surface area contributed by atoms with E-state index in [2.05, 4.69) is 15.6 Å². The molecule has 1 atom stereocenters. The van der Waals surface area contributed by atoms with Gasteiger partial charge in [-0.2, -0.15) is 0 Å². The molecule has 0 bridgehead atoms. The summed E-state index contributed by atoms with van der Waals surface area (Å²) in [6.07, 6.45) is 3.86. The number of anilines is 1. The summed E-state index contributed by atoms with van der Waals surface area (Å²) < 4.78 is 0. The minimum atomic E-state index is -0.379. The molecule has 92 valence electrons. The van der Waals surface area contributed by atoms with Gasteiger partial charge in [-0.15, -0.1) is 0 Å². The first kappa shape index (κ1) is 11.8. The van der Waals surface area contributed by atoms with Gasteiger partial charge in [-0.05, 0) is 26.3 Å². The van der Waals surface area contributed by atoms with E-state index in [0.717, 1.165) is 19.5 Å². The Hall–Kier alpha value is -1.69. The first-order chi connectivity index (χ1) is 8.16. The van der Waals surface area contributed by atoms with Gasteiger partial charge >= 0.3 is 0 Å². The summed E-state index contributed by atoms with van der Waals surface area (Å²) in [4.78, 5) is 14.5. The van der Waals surface area contributed by atoms with Crippen molar-refractivity contribution in [1.82, 2.24) is 10.3 Å². The van der Waals surface area contributed by atoms with Crippen molar-refractivity contribution in [2.24, 2.45) is 0 Å². The highest BCUT2D eigenvalue weighted by molar-refractivity contribution is 5.48. The third-order valence-corrected chi connectivity index (χ3v) is 2.96. The summed E-state index contributed by atoms with van der Waals surface area (Å²) in [5, 5.41) is 17.3. The molecule has 6 heteroatoms. The Balaban J connectivity index is 2.00. The predicted molar refractivity (Wildman–Crippen MR) is 65.1 cm³/mol. The number of hydrogen-bond donors (Lipinski definition) is 2. The second-order valence-corrected chi connectivity index (χ2v) is 4.29. The van der Waals surface area contributed by atoms with Crippen LogP contribution < -0.4 is 10.6 Å². The Bertz CT molecular complexity index is 416. The van der Waals surface area contributed by atoms with Crippen LogP contribution in [0.15, 0.2) is 12.3 Å². The zero-order chi connectivity index (χ0) is 12.3. The van der Waals surface area contributed by atoms with E-state index in [0.29, 0.717) is 17.4 Å². The van der Waals surface area contributed by atoms with Crippen LogP contribution in [0.25, 0.3) is 0 Å². The van der Waals surface area contributed by atoms with Gasteiger partial charge in [-0.1, -0.05) is 0 Å². The molecule has 0 radical (unpaired) electrons. The highest BCUT2D eigenvalue weighted by Crippen LogP contribution is 2.20. The highest BCUT2D eigenvalue weighted by atomic mass is 16.6. The van der Waals surface area contributed by atoms with Crippen molar-refractivity contribution in [1.29, 1.82) is 0 Å². The number of nitrogens with one attached hydrogen (secondary N) is 2. The first-order valence-electron chi connectivity index (χ1n) is 5.75. The van der Waals surface area contributed by atoms with Crippen LogP contribution in [0.2, 0.25) is 0 Å². The van der Waals surface area contributed by atoms with Crippen LogP contribution in [0.4, 0.5) is 11.5 Å². The maximum absolute atomic E-state index is 10.8. The Morgan fingerprint density at radius 3 is 3.18 bits per heavy atom. The molecule has 2 heterocycles. The molecule has 0 spiro atoms. The Morgan fingerprint density at radius 2 is 2.53 bits per heavy atom. The van der Waals surface area contributed by atoms with Crippen molar-refractivity contribution < 1.29 is 4.92 Å². The lowest BCUT2D eigenvalue weighted by molar-refractivity contribution is -0.385. The second-order valence-electron chi connectivity index (χ2n) is 4.29. The van der Waals surface area contributed by atoms with Gasteiger partial charge in [0, 0.05) is 24.3 Å². The largest absolute Gasteiger partial charge is 0.368 e. The van der Waals surface area contributed by atoms with Crippen molar-refractivity contribution in [3.05, 3.63) is 27.9 Å². The summed E-state index contributed by atoms with van der Waals surface area (Å²) in [6.45, 7) is 3.49. The summed E-state index contributed by atoms with van der Waals surface area (Å²) in [7, 11) is 0. The molecular weight excluding hydrogens is 220 g/mol. The molecule has 1 saturated heterocycles. The van der Waals surface area contributed by atoms with Crippen LogP contribution in [-0.4, -0.2) is 29.0 Å². The maximum Gasteiger partial charge on any atom is 0.277 e. The molecule has 6 nitrogen and oxygen atoms in total. The lowest BCUT2D eigenvalue weighted by Gasteiger charge is -2.11. The fourth-order valence-corrected chi connectivity index (χ4v) is 1.97. The Labute approximate surface area is 99.6 Å². The number of aryl methyl sites for hydroxylation is 1. The van der Waals surface area contributed by atoms with Gasteiger partial charge in [0.05, 0.1) is 11.0 Å². The van der Waals surface area contributed by atoms with E-state index in [9.17, 15) is 10.1 Å². The van der Waals surface area contributed by atoms with Gasteiger partial charge in [0.1, 0.15) is 5.82 Å². The van der Waals surface area contributed by atoms with Crippen molar-refractivity contribution in [3.63, 3.8) is 0 Å². The number of nitro groups is 1. The van der Waals surface area contributed by atoms with Crippen LogP contribution in [0, 0.1) is 17.0 Å². The fourth-order valence-electron chi connectivity index (χ4n) is 1.97. The lowest BCUT2D eigenvalue weighted by atomic mass is 10.2. The number of rotatable bonds is 4. The van der Waals surface area contributed by atoms with Gasteiger partial charge in [0.25, 0.3) is 5.69 Å². The molecule has 0 aliphatic carbocycles. The van der Waals surface area contributed by atoms with E-state index in [1.807, 2.05) is 0 Å². The fraction of sp³-hybridized carbons (Fsp3) is 0.545. The number of pyridine rings is 1. The number of aromatic nitrogens is 1. The predicted octanol–water partition coefficient (Wildman–Crippen LogP) is 1.46. The van der Waals surface area contributed by atoms with Crippen LogP contribution >= 0.6 is 0 Å². The zero-order valence-electron chi connectivity index (χ0n) is 9.77. The highest BCUT2D eigenvalue weighted by Gasteiger charge is 2.15. The minimum Gasteiger partial charge on any atom is -0.368 e. The van der Waals surface area contributed by atoms with Crippen LogP contribution in [0.1, 0.15) is 18.4 Å². The van der Waals surface area contributed by atoms with Crippen LogP contribution in [0.5, 0.6) is 0 Å². The zero-order valence-corrected chi connectivity index (χ0v) is 9.77. The topological polar surface area (TPSA) is 80.1 Å². The number of nitrogens with zero attached hydrogens (tertiary/aromatic N) is 2. The average Bonchev–Trinajstić information content (AvgIpc) is 2.80. The number of hydrogen-bond acceptors (Lipinski definition) is 5. The molecule has 0 amide bonds. The summed E-state index contributed by atoms with van der Waals surface area (Å²) >= 11 is 0. The first-order valence-corrected chi connectivity index (χ1v) is 5.75. The Morgan fingerprint density at radius 1 is 1.71 bits per heavy atom. The van der Waals surface area contributed by atoms with Crippen LogP contribution in [0.3, 0.4) is 0 Å². The molecule has 1 unspecified atom stereocenters. The minimum absolute atomic E-state index is 0.113. The third kappa shape index (κ3) is 2.91. The van der Waals surface area contributed by atoms with Crippen molar-refractivity contribution in [2.75, 3.05) is 18.4 Å². The standard InChI is InChI=1S/C11H16N4O2/c1-8-6-13-11(5-10(8)15(16)17)14-7-9-3-2-4-12-9/h5-6,9,12H,2-4,7H2,1H3,(H,13,14). The Kier molecular flexibility index (Phi) is 3.53. The van der Waals surface area contributed by atoms with E-state index >= 15 is 0 Å². The third-order valence-electron chi connectivity index (χ3n) is 2.96. The van der Waals surface area contributed by atoms with Crippen molar-refractivity contribution >= 4 is 11.5 Å². The molecular formula is C11H16N4O2. The van der Waals surface area contributed by atoms with E-state index < -0.39 is 0 Å². The van der Waals surface area contributed by atoms with E-state index in [1.54, 1.807) is 6.92 Å². The molecule has 1 aromatic heterocycles. The SMILES string of the molecule is Cc1cnc(NCC2CCCN2)cc1[N+](=O)[O-]. The second kappa shape index (κ2) is 5.09. The van der Waals surface area contributed by atoms with Crippen LogP contribution in [-0.2, 0) is 0 Å². The quantitative estimate of drug-likeness (QED) is 0.611. The van der Waals surface area contributed by atoms with Gasteiger partial charge in [0.15, 0.2) is 0 Å². The lowest BCUT2D eigenvalue weighted by Crippen LogP contribution is -2.29. The normalized spacial score (nSPS) is 19.2. The average molecular weight is 236 g/mol. The molecule has 1 aliphatic rings. The van der Waals surface area contributed by atoms with Crippen molar-refractivity contribution in [3.8, 4) is 0 Å². The summed E-state index contributed by atoms with van der Waals surface area (Å²) in [5.74, 6) is 0.566. The molecule has 17 heavy (non-hydrogen) atoms. The monoisotopic (exact) mass is 236 g/mol. The molecule has 1 aliphatic heterocycles. The molecule has 1 aromatic rings. The summed E-state index contributed by atoms with van der Waals surface area (Å²) in [6, 6.07) is 1.93. The molecule has 0 aromatic carbocycles. The van der Waals surface area contributed by atoms with Gasteiger partial charge in [-0.25, -0.2) is 4.98 Å². The van der Waals surface area contributed by atoms with E-state index in [-0.39, 0.29) is 10.6 Å². The molecule has 2 rings (SSSR count). The van der Waals surface area contributed by atoms with Gasteiger partial charge in [0.2, 0.25) is 0 Å². The molecule has 2 N–H and O–H groups in total. The van der Waals surface area contributed by atoms with Crippen molar-refractivity contribution in [2.45, 2.75) is 25.8 Å². The summed E-state index contributed by atoms with van der Waals surface area (Å²) in [5.41, 5.74) is 0.696. The maximum atomic E-state index is 10.8. The molecule has 0 saturated carbocycles. The van der Waals surface area contributed by atoms with E-state index in [4.69, 9.17) is 0 Å². The van der Waals surface area contributed by atoms with Gasteiger partial charge < -0.3 is 10.6 Å². The molecule has 1 fully saturated rings. The smallest absolute Gasteiger partial charge is 0.277 e.